The highest BCUT2D eigenvalue weighted by atomic mass is 19.4. The van der Waals surface area contributed by atoms with E-state index in [1.54, 1.807) is 17.1 Å². The molecule has 25 heavy (non-hydrogen) atoms. The molecule has 3 aromatic rings. The van der Waals surface area contributed by atoms with Crippen molar-refractivity contribution in [3.63, 3.8) is 0 Å². The number of benzene rings is 1. The molecule has 0 radical (unpaired) electrons. The van der Waals surface area contributed by atoms with Gasteiger partial charge in [0.1, 0.15) is 6.54 Å². The van der Waals surface area contributed by atoms with E-state index in [0.29, 0.717) is 0 Å². The van der Waals surface area contributed by atoms with Gasteiger partial charge >= 0.3 is 6.18 Å². The third-order valence-electron chi connectivity index (χ3n) is 3.38. The minimum Gasteiger partial charge on any atom is -0.350 e. The molecule has 1 amide bonds. The lowest BCUT2D eigenvalue weighted by Crippen LogP contribution is -2.27. The summed E-state index contributed by atoms with van der Waals surface area (Å²) in [7, 11) is 0. The standard InChI is InChI=1S/C16H14F3N5O/c17-16(18,19)14-6-7-23(22-14)11-15(25)20-8-12-9-21-24(10-12)13-4-2-1-3-5-13/h1-7,9-10H,8,11H2,(H,20,25). The highest BCUT2D eigenvalue weighted by molar-refractivity contribution is 5.75. The van der Waals surface area contributed by atoms with Crippen LogP contribution in [0.15, 0.2) is 55.0 Å². The van der Waals surface area contributed by atoms with Gasteiger partial charge in [0.2, 0.25) is 5.91 Å². The van der Waals surface area contributed by atoms with E-state index in [2.05, 4.69) is 15.5 Å². The molecule has 1 aromatic carbocycles. The number of carbonyl (C=O) groups excluding carboxylic acids is 1. The molecule has 9 heteroatoms. The number of aromatic nitrogens is 4. The fourth-order valence-electron chi connectivity index (χ4n) is 2.18. The molecule has 2 heterocycles. The molecule has 130 valence electrons. The van der Waals surface area contributed by atoms with Crippen LogP contribution in [-0.2, 0) is 24.1 Å². The van der Waals surface area contributed by atoms with Crippen LogP contribution in [0.2, 0.25) is 0 Å². The van der Waals surface area contributed by atoms with Gasteiger partial charge in [-0.15, -0.1) is 0 Å². The van der Waals surface area contributed by atoms with Crippen LogP contribution < -0.4 is 5.32 Å². The van der Waals surface area contributed by atoms with Crippen molar-refractivity contribution in [2.75, 3.05) is 0 Å². The minimum absolute atomic E-state index is 0.221. The average Bonchev–Trinajstić information content (AvgIpc) is 3.23. The molecule has 0 aliphatic carbocycles. The van der Waals surface area contributed by atoms with Crippen molar-refractivity contribution in [1.29, 1.82) is 0 Å². The van der Waals surface area contributed by atoms with Crippen molar-refractivity contribution in [3.05, 3.63) is 66.2 Å². The third kappa shape index (κ3) is 4.25. The SMILES string of the molecule is O=C(Cn1ccc(C(F)(F)F)n1)NCc1cnn(-c2ccccc2)c1. The fraction of sp³-hybridized carbons (Fsp3) is 0.188. The molecular weight excluding hydrogens is 335 g/mol. The average molecular weight is 349 g/mol. The van der Waals surface area contributed by atoms with E-state index in [0.717, 1.165) is 28.2 Å². The molecule has 0 saturated heterocycles. The van der Waals surface area contributed by atoms with Gasteiger partial charge in [-0.25, -0.2) is 4.68 Å². The Morgan fingerprint density at radius 2 is 1.92 bits per heavy atom. The van der Waals surface area contributed by atoms with Gasteiger partial charge in [0.15, 0.2) is 5.69 Å². The first kappa shape index (κ1) is 16.7. The smallest absolute Gasteiger partial charge is 0.350 e. The molecule has 3 rings (SSSR count). The Labute approximate surface area is 140 Å². The molecule has 0 spiro atoms. The van der Waals surface area contributed by atoms with Gasteiger partial charge < -0.3 is 5.32 Å². The zero-order chi connectivity index (χ0) is 17.9. The minimum atomic E-state index is -4.52. The number of carbonyl (C=O) groups is 1. The molecule has 6 nitrogen and oxygen atoms in total. The van der Waals surface area contributed by atoms with Crippen LogP contribution >= 0.6 is 0 Å². The van der Waals surface area contributed by atoms with Gasteiger partial charge in [0.05, 0.1) is 11.9 Å². The molecule has 2 aromatic heterocycles. The zero-order valence-corrected chi connectivity index (χ0v) is 12.9. The lowest BCUT2D eigenvalue weighted by atomic mass is 10.3. The van der Waals surface area contributed by atoms with Crippen molar-refractivity contribution >= 4 is 5.91 Å². The number of halogens is 3. The number of nitrogens with zero attached hydrogens (tertiary/aromatic N) is 4. The summed E-state index contributed by atoms with van der Waals surface area (Å²) in [6.45, 7) is -0.0675. The van der Waals surface area contributed by atoms with E-state index >= 15 is 0 Å². The predicted molar refractivity (Wildman–Crippen MR) is 82.6 cm³/mol. The highest BCUT2D eigenvalue weighted by Crippen LogP contribution is 2.27. The first-order valence-corrected chi connectivity index (χ1v) is 7.38. The van der Waals surface area contributed by atoms with Crippen molar-refractivity contribution in [1.82, 2.24) is 24.9 Å². The Bertz CT molecular complexity index is 854. The molecule has 0 fully saturated rings. The number of rotatable bonds is 5. The molecular formula is C16H14F3N5O. The lowest BCUT2D eigenvalue weighted by Gasteiger charge is -2.04. The van der Waals surface area contributed by atoms with Crippen molar-refractivity contribution in [2.45, 2.75) is 19.3 Å². The number of hydrogen-bond acceptors (Lipinski definition) is 3. The molecule has 0 saturated carbocycles. The first-order valence-electron chi connectivity index (χ1n) is 7.38. The predicted octanol–water partition coefficient (Wildman–Crippen LogP) is 2.40. The molecule has 0 unspecified atom stereocenters. The number of para-hydroxylation sites is 1. The summed E-state index contributed by atoms with van der Waals surface area (Å²) in [6, 6.07) is 10.3. The van der Waals surface area contributed by atoms with Crippen LogP contribution in [0.25, 0.3) is 5.69 Å². The molecule has 0 aliphatic heterocycles. The Morgan fingerprint density at radius 1 is 1.16 bits per heavy atom. The van der Waals surface area contributed by atoms with E-state index in [-0.39, 0.29) is 13.1 Å². The lowest BCUT2D eigenvalue weighted by molar-refractivity contribution is -0.141. The fourth-order valence-corrected chi connectivity index (χ4v) is 2.18. The van der Waals surface area contributed by atoms with Crippen molar-refractivity contribution in [2.24, 2.45) is 0 Å². The van der Waals surface area contributed by atoms with E-state index in [1.165, 1.54) is 0 Å². The normalized spacial score (nSPS) is 11.5. The monoisotopic (exact) mass is 349 g/mol. The summed E-state index contributed by atoms with van der Waals surface area (Å²) in [6.07, 6.45) is -0.0161. The Hall–Kier alpha value is -3.10. The largest absolute Gasteiger partial charge is 0.435 e. The molecule has 0 bridgehead atoms. The molecule has 0 atom stereocenters. The van der Waals surface area contributed by atoms with E-state index in [1.807, 2.05) is 30.3 Å². The van der Waals surface area contributed by atoms with Gasteiger partial charge in [0, 0.05) is 24.5 Å². The van der Waals surface area contributed by atoms with Gasteiger partial charge in [-0.3, -0.25) is 9.48 Å². The van der Waals surface area contributed by atoms with Crippen LogP contribution in [0, 0.1) is 0 Å². The molecule has 0 aliphatic rings. The van der Waals surface area contributed by atoms with Crippen molar-refractivity contribution in [3.8, 4) is 5.69 Å². The molecule has 1 N–H and O–H groups in total. The summed E-state index contributed by atoms with van der Waals surface area (Å²) in [5.41, 5.74) is 0.634. The van der Waals surface area contributed by atoms with Crippen LogP contribution in [0.1, 0.15) is 11.3 Å². The quantitative estimate of drug-likeness (QED) is 0.769. The summed E-state index contributed by atoms with van der Waals surface area (Å²) in [5.74, 6) is -0.440. The second-order valence-corrected chi connectivity index (χ2v) is 5.30. The van der Waals surface area contributed by atoms with Crippen LogP contribution in [0.3, 0.4) is 0 Å². The van der Waals surface area contributed by atoms with Crippen LogP contribution in [0.5, 0.6) is 0 Å². The maximum atomic E-state index is 12.5. The Kier molecular flexibility index (Phi) is 4.55. The van der Waals surface area contributed by atoms with Gasteiger partial charge in [-0.1, -0.05) is 18.2 Å². The van der Waals surface area contributed by atoms with Crippen LogP contribution in [-0.4, -0.2) is 25.5 Å². The second-order valence-electron chi connectivity index (χ2n) is 5.30. The van der Waals surface area contributed by atoms with Gasteiger partial charge in [-0.05, 0) is 18.2 Å². The van der Waals surface area contributed by atoms with E-state index in [4.69, 9.17) is 0 Å². The Morgan fingerprint density at radius 3 is 2.60 bits per heavy atom. The summed E-state index contributed by atoms with van der Waals surface area (Å²) in [5, 5.41) is 10.2. The topological polar surface area (TPSA) is 64.7 Å². The third-order valence-corrected chi connectivity index (χ3v) is 3.38. The van der Waals surface area contributed by atoms with Crippen molar-refractivity contribution < 1.29 is 18.0 Å². The number of alkyl halides is 3. The zero-order valence-electron chi connectivity index (χ0n) is 12.9. The number of amides is 1. The van der Waals surface area contributed by atoms with Gasteiger partial charge in [-0.2, -0.15) is 23.4 Å². The van der Waals surface area contributed by atoms with E-state index in [9.17, 15) is 18.0 Å². The summed E-state index contributed by atoms with van der Waals surface area (Å²) in [4.78, 5) is 11.8. The van der Waals surface area contributed by atoms with E-state index < -0.39 is 17.8 Å². The number of nitrogens with one attached hydrogen (secondary N) is 1. The maximum Gasteiger partial charge on any atom is 0.435 e. The summed E-state index contributed by atoms with van der Waals surface area (Å²) < 4.78 is 40.0. The number of hydrogen-bond donors (Lipinski definition) is 1. The summed E-state index contributed by atoms with van der Waals surface area (Å²) >= 11 is 0. The second kappa shape index (κ2) is 6.80. The van der Waals surface area contributed by atoms with Crippen LogP contribution in [0.4, 0.5) is 13.2 Å². The maximum absolute atomic E-state index is 12.5. The highest BCUT2D eigenvalue weighted by Gasteiger charge is 2.33. The van der Waals surface area contributed by atoms with Gasteiger partial charge in [0.25, 0.3) is 0 Å². The first-order chi connectivity index (χ1) is 11.9. The Balaban J connectivity index is 1.54.